The van der Waals surface area contributed by atoms with Gasteiger partial charge in [0.25, 0.3) is 0 Å². The predicted octanol–water partition coefficient (Wildman–Crippen LogP) is 2.98. The number of benzene rings is 1. The number of rotatable bonds is 3. The molecule has 1 saturated heterocycles. The molecule has 1 aromatic carbocycles. The van der Waals surface area contributed by atoms with Crippen LogP contribution in [0.5, 0.6) is 0 Å². The van der Waals surface area contributed by atoms with Gasteiger partial charge >= 0.3 is 0 Å². The Hall–Kier alpha value is -1.07. The first-order valence-electron chi connectivity index (χ1n) is 6.90. The molecular formula is C15H18BrClN2O2. The van der Waals surface area contributed by atoms with Gasteiger partial charge in [-0.3, -0.25) is 9.59 Å². The first kappa shape index (κ1) is 16.3. The van der Waals surface area contributed by atoms with Crippen molar-refractivity contribution >= 4 is 39.3 Å². The summed E-state index contributed by atoms with van der Waals surface area (Å²) >= 11 is 9.58. The fourth-order valence-electron chi connectivity index (χ4n) is 2.32. The van der Waals surface area contributed by atoms with Crippen LogP contribution >= 0.6 is 27.5 Å². The molecule has 6 heteroatoms. The number of hydrogen-bond donors (Lipinski definition) is 1. The average Bonchev–Trinajstić information content (AvgIpc) is 2.54. The van der Waals surface area contributed by atoms with Crippen molar-refractivity contribution in [3.05, 3.63) is 33.3 Å². The van der Waals surface area contributed by atoms with Crippen LogP contribution in [0.25, 0.3) is 0 Å². The summed E-state index contributed by atoms with van der Waals surface area (Å²) in [5.41, 5.74) is 0.880. The lowest BCUT2D eigenvalue weighted by Gasteiger charge is -2.26. The molecule has 2 rings (SSSR count). The van der Waals surface area contributed by atoms with Crippen molar-refractivity contribution in [1.29, 1.82) is 0 Å². The van der Waals surface area contributed by atoms with Crippen LogP contribution in [0.2, 0.25) is 5.02 Å². The molecule has 1 aliphatic heterocycles. The van der Waals surface area contributed by atoms with E-state index in [1.54, 1.807) is 4.90 Å². The maximum Gasteiger partial charge on any atom is 0.245 e. The molecule has 0 spiro atoms. The fourth-order valence-corrected chi connectivity index (χ4v) is 3.05. The van der Waals surface area contributed by atoms with Crippen LogP contribution < -0.4 is 5.32 Å². The van der Waals surface area contributed by atoms with E-state index in [1.165, 1.54) is 0 Å². The SMILES string of the molecule is CC(C)C1NC(=O)CCN(Cc2ccc(Br)cc2Cl)C1=O. The molecule has 2 amide bonds. The zero-order valence-corrected chi connectivity index (χ0v) is 14.4. The quantitative estimate of drug-likeness (QED) is 0.885. The van der Waals surface area contributed by atoms with E-state index in [2.05, 4.69) is 21.2 Å². The molecular weight excluding hydrogens is 356 g/mol. The number of hydrogen-bond acceptors (Lipinski definition) is 2. The van der Waals surface area contributed by atoms with E-state index in [-0.39, 0.29) is 17.7 Å². The van der Waals surface area contributed by atoms with Crippen LogP contribution in [-0.4, -0.2) is 29.3 Å². The second-order valence-corrected chi connectivity index (χ2v) is 6.86. The first-order valence-corrected chi connectivity index (χ1v) is 8.07. The molecule has 0 saturated carbocycles. The van der Waals surface area contributed by atoms with Crippen molar-refractivity contribution in [3.63, 3.8) is 0 Å². The molecule has 1 aliphatic rings. The molecule has 1 unspecified atom stereocenters. The molecule has 1 heterocycles. The second-order valence-electron chi connectivity index (χ2n) is 5.53. The Morgan fingerprint density at radius 1 is 1.43 bits per heavy atom. The lowest BCUT2D eigenvalue weighted by Crippen LogP contribution is -2.47. The van der Waals surface area contributed by atoms with Gasteiger partial charge < -0.3 is 10.2 Å². The van der Waals surface area contributed by atoms with E-state index < -0.39 is 6.04 Å². The summed E-state index contributed by atoms with van der Waals surface area (Å²) in [5.74, 6) is -0.0660. The Labute approximate surface area is 138 Å². The Morgan fingerprint density at radius 3 is 2.76 bits per heavy atom. The minimum Gasteiger partial charge on any atom is -0.344 e. The number of carbonyl (C=O) groups excluding carboxylic acids is 2. The number of carbonyl (C=O) groups is 2. The van der Waals surface area contributed by atoms with Crippen molar-refractivity contribution in [2.75, 3.05) is 6.54 Å². The average molecular weight is 374 g/mol. The number of nitrogens with zero attached hydrogens (tertiary/aromatic N) is 1. The highest BCUT2D eigenvalue weighted by molar-refractivity contribution is 9.10. The molecule has 1 N–H and O–H groups in total. The van der Waals surface area contributed by atoms with Crippen molar-refractivity contribution in [2.24, 2.45) is 5.92 Å². The molecule has 0 aromatic heterocycles. The first-order chi connectivity index (χ1) is 9.88. The Bertz CT molecular complexity index is 563. The largest absolute Gasteiger partial charge is 0.344 e. The monoisotopic (exact) mass is 372 g/mol. The Balaban J connectivity index is 2.21. The highest BCUT2D eigenvalue weighted by atomic mass is 79.9. The summed E-state index contributed by atoms with van der Waals surface area (Å²) in [6, 6.07) is 5.13. The topological polar surface area (TPSA) is 49.4 Å². The van der Waals surface area contributed by atoms with Crippen LogP contribution in [-0.2, 0) is 16.1 Å². The smallest absolute Gasteiger partial charge is 0.245 e. The van der Waals surface area contributed by atoms with E-state index in [1.807, 2.05) is 32.0 Å². The van der Waals surface area contributed by atoms with Crippen LogP contribution in [0.1, 0.15) is 25.8 Å². The molecule has 1 aromatic rings. The third-order valence-corrected chi connectivity index (χ3v) is 4.39. The van der Waals surface area contributed by atoms with Crippen molar-refractivity contribution < 1.29 is 9.59 Å². The van der Waals surface area contributed by atoms with Gasteiger partial charge in [0, 0.05) is 29.0 Å². The predicted molar refractivity (Wildman–Crippen MR) is 86.0 cm³/mol. The third kappa shape index (κ3) is 3.98. The summed E-state index contributed by atoms with van der Waals surface area (Å²) in [4.78, 5) is 26.0. The minimum absolute atomic E-state index is 0.0464. The van der Waals surface area contributed by atoms with Crippen LogP contribution in [0.15, 0.2) is 22.7 Å². The normalized spacial score (nSPS) is 19.7. The van der Waals surface area contributed by atoms with Crippen molar-refractivity contribution in [3.8, 4) is 0 Å². The molecule has 4 nitrogen and oxygen atoms in total. The molecule has 21 heavy (non-hydrogen) atoms. The highest BCUT2D eigenvalue weighted by Gasteiger charge is 2.32. The van der Waals surface area contributed by atoms with Gasteiger partial charge in [-0.25, -0.2) is 0 Å². The van der Waals surface area contributed by atoms with Crippen LogP contribution in [0, 0.1) is 5.92 Å². The summed E-state index contributed by atoms with van der Waals surface area (Å²) in [5, 5.41) is 3.41. The van der Waals surface area contributed by atoms with Crippen molar-refractivity contribution in [2.45, 2.75) is 32.9 Å². The summed E-state index contributed by atoms with van der Waals surface area (Å²) in [7, 11) is 0. The number of halogens is 2. The number of nitrogens with one attached hydrogen (secondary N) is 1. The minimum atomic E-state index is -0.464. The van der Waals surface area contributed by atoms with Gasteiger partial charge in [-0.15, -0.1) is 0 Å². The van der Waals surface area contributed by atoms with Gasteiger partial charge in [0.15, 0.2) is 0 Å². The van der Waals surface area contributed by atoms with Gasteiger partial charge in [-0.2, -0.15) is 0 Å². The highest BCUT2D eigenvalue weighted by Crippen LogP contribution is 2.23. The molecule has 0 bridgehead atoms. The van der Waals surface area contributed by atoms with Gasteiger partial charge in [0.1, 0.15) is 6.04 Å². The molecule has 1 atom stereocenters. The molecule has 1 fully saturated rings. The van der Waals surface area contributed by atoms with Gasteiger partial charge in [0.2, 0.25) is 11.8 Å². The van der Waals surface area contributed by atoms with Crippen molar-refractivity contribution in [1.82, 2.24) is 10.2 Å². The van der Waals surface area contributed by atoms with Gasteiger partial charge in [-0.05, 0) is 23.6 Å². The van der Waals surface area contributed by atoms with E-state index in [4.69, 9.17) is 11.6 Å². The Kier molecular flexibility index (Phi) is 5.27. The van der Waals surface area contributed by atoms with E-state index >= 15 is 0 Å². The summed E-state index contributed by atoms with van der Waals surface area (Å²) in [6.45, 7) is 4.70. The number of amides is 2. The van der Waals surface area contributed by atoms with Gasteiger partial charge in [0.05, 0.1) is 0 Å². The summed E-state index contributed by atoms with van der Waals surface area (Å²) in [6.07, 6.45) is 0.323. The maximum absolute atomic E-state index is 12.6. The fraction of sp³-hybridized carbons (Fsp3) is 0.467. The summed E-state index contributed by atoms with van der Waals surface area (Å²) < 4.78 is 0.898. The van der Waals surface area contributed by atoms with Crippen LogP contribution in [0.4, 0.5) is 0 Å². The molecule has 114 valence electrons. The second kappa shape index (κ2) is 6.79. The van der Waals surface area contributed by atoms with Gasteiger partial charge in [-0.1, -0.05) is 47.4 Å². The van der Waals surface area contributed by atoms with E-state index in [9.17, 15) is 9.59 Å². The zero-order chi connectivity index (χ0) is 15.6. The molecule has 0 radical (unpaired) electrons. The van der Waals surface area contributed by atoms with E-state index in [0.717, 1.165) is 10.0 Å². The Morgan fingerprint density at radius 2 is 2.14 bits per heavy atom. The zero-order valence-electron chi connectivity index (χ0n) is 12.0. The lowest BCUT2D eigenvalue weighted by atomic mass is 10.0. The third-order valence-electron chi connectivity index (χ3n) is 3.55. The maximum atomic E-state index is 12.6. The standard InChI is InChI=1S/C15H18BrClN2O2/c1-9(2)14-15(21)19(6-5-13(20)18-14)8-10-3-4-11(16)7-12(10)17/h3-4,7,9,14H,5-6,8H2,1-2H3,(H,18,20). The molecule has 0 aliphatic carbocycles. The van der Waals surface area contributed by atoms with E-state index in [0.29, 0.717) is 24.5 Å². The van der Waals surface area contributed by atoms with Crippen LogP contribution in [0.3, 0.4) is 0 Å². The lowest BCUT2D eigenvalue weighted by molar-refractivity contribution is -0.135.